The molecule has 2 fully saturated rings. The van der Waals surface area contributed by atoms with Gasteiger partial charge < -0.3 is 15.1 Å². The smallest absolute Gasteiger partial charge is 0.317 e. The molecular formula is C22H36N4O. The average molecular weight is 373 g/mol. The van der Waals surface area contributed by atoms with E-state index in [1.165, 1.54) is 37.7 Å². The average Bonchev–Trinajstić information content (AvgIpc) is 2.72. The molecule has 27 heavy (non-hydrogen) atoms. The topological polar surface area (TPSA) is 38.8 Å². The van der Waals surface area contributed by atoms with Gasteiger partial charge in [-0.2, -0.15) is 0 Å². The van der Waals surface area contributed by atoms with Gasteiger partial charge in [0, 0.05) is 32.2 Å². The monoisotopic (exact) mass is 372 g/mol. The maximum Gasteiger partial charge on any atom is 0.317 e. The summed E-state index contributed by atoms with van der Waals surface area (Å²) in [5.74, 6) is 0. The molecular weight excluding hydrogens is 336 g/mol. The molecule has 1 atom stereocenters. The van der Waals surface area contributed by atoms with Crippen molar-refractivity contribution >= 4 is 6.03 Å². The molecule has 1 aliphatic heterocycles. The number of piperazine rings is 1. The maximum absolute atomic E-state index is 12.9. The molecule has 1 aromatic carbocycles. The quantitative estimate of drug-likeness (QED) is 0.832. The van der Waals surface area contributed by atoms with Gasteiger partial charge in [0.25, 0.3) is 0 Å². The van der Waals surface area contributed by atoms with Crippen LogP contribution in [-0.4, -0.2) is 73.6 Å². The minimum atomic E-state index is 0.0671. The highest BCUT2D eigenvalue weighted by atomic mass is 16.2. The summed E-state index contributed by atoms with van der Waals surface area (Å²) in [6.07, 6.45) is 7.74. The van der Waals surface area contributed by atoms with Crippen LogP contribution in [0.25, 0.3) is 0 Å². The zero-order valence-corrected chi connectivity index (χ0v) is 17.1. The van der Waals surface area contributed by atoms with Gasteiger partial charge >= 0.3 is 6.03 Å². The largest absolute Gasteiger partial charge is 0.331 e. The van der Waals surface area contributed by atoms with Gasteiger partial charge in [-0.15, -0.1) is 0 Å². The minimum absolute atomic E-state index is 0.0671. The van der Waals surface area contributed by atoms with Crippen molar-refractivity contribution in [3.63, 3.8) is 0 Å². The molecule has 5 heteroatoms. The van der Waals surface area contributed by atoms with E-state index in [0.29, 0.717) is 0 Å². The summed E-state index contributed by atoms with van der Waals surface area (Å²) in [6.45, 7) is 4.68. The first-order valence-electron chi connectivity index (χ1n) is 10.6. The maximum atomic E-state index is 12.9. The van der Waals surface area contributed by atoms with Crippen molar-refractivity contribution in [1.82, 2.24) is 20.0 Å². The summed E-state index contributed by atoms with van der Waals surface area (Å²) in [6, 6.07) is 11.3. The molecule has 1 saturated heterocycles. The fourth-order valence-electron chi connectivity index (χ4n) is 4.37. The fraction of sp³-hybridized carbons (Fsp3) is 0.682. The highest BCUT2D eigenvalue weighted by molar-refractivity contribution is 5.74. The molecule has 2 aliphatic rings. The fourth-order valence-corrected chi connectivity index (χ4v) is 4.37. The summed E-state index contributed by atoms with van der Waals surface area (Å²) in [5.41, 5.74) is 1.19. The second kappa shape index (κ2) is 10.1. The van der Waals surface area contributed by atoms with Gasteiger partial charge in [-0.05, 0) is 45.5 Å². The zero-order chi connectivity index (χ0) is 19.1. The van der Waals surface area contributed by atoms with Crippen molar-refractivity contribution in [3.8, 4) is 0 Å². The van der Waals surface area contributed by atoms with Gasteiger partial charge in [-0.3, -0.25) is 4.90 Å². The number of urea groups is 1. The third-order valence-electron chi connectivity index (χ3n) is 6.06. The number of hydrogen-bond donors (Lipinski definition) is 1. The van der Waals surface area contributed by atoms with Crippen LogP contribution in [0.3, 0.4) is 0 Å². The number of hydrogen-bond acceptors (Lipinski definition) is 3. The molecule has 150 valence electrons. The molecule has 3 rings (SSSR count). The van der Waals surface area contributed by atoms with Crippen LogP contribution in [0, 0.1) is 0 Å². The predicted molar refractivity (Wildman–Crippen MR) is 111 cm³/mol. The molecule has 0 unspecified atom stereocenters. The van der Waals surface area contributed by atoms with E-state index in [-0.39, 0.29) is 12.1 Å². The molecule has 0 bridgehead atoms. The van der Waals surface area contributed by atoms with Gasteiger partial charge in [0.2, 0.25) is 0 Å². The van der Waals surface area contributed by atoms with Gasteiger partial charge in [-0.1, -0.05) is 49.6 Å². The Kier molecular flexibility index (Phi) is 7.53. The van der Waals surface area contributed by atoms with E-state index in [9.17, 15) is 4.79 Å². The Bertz CT molecular complexity index is 563. The normalized spacial score (nSPS) is 20.6. The Labute approximate surface area is 164 Å². The summed E-state index contributed by atoms with van der Waals surface area (Å²) >= 11 is 0. The Hall–Kier alpha value is -1.59. The summed E-state index contributed by atoms with van der Waals surface area (Å²) in [7, 11) is 4.16. The van der Waals surface area contributed by atoms with Crippen molar-refractivity contribution in [2.75, 3.05) is 46.8 Å². The van der Waals surface area contributed by atoms with E-state index >= 15 is 0 Å². The van der Waals surface area contributed by atoms with E-state index in [1.807, 2.05) is 23.1 Å². The molecule has 0 spiro atoms. The highest BCUT2D eigenvalue weighted by Crippen LogP contribution is 2.24. The van der Waals surface area contributed by atoms with Crippen LogP contribution >= 0.6 is 0 Å². The van der Waals surface area contributed by atoms with Gasteiger partial charge in [0.05, 0.1) is 6.04 Å². The standard InChI is InChI=1S/C22H36N4O/c1-24(2)14-13-21(19-9-5-3-6-10-19)23-22(27)26-17-15-25(16-18-26)20-11-7-4-8-12-20/h3,5-6,9-10,20-21H,4,7-8,11-18H2,1-2H3,(H,23,27)/t21-/m1/s1. The van der Waals surface area contributed by atoms with Crippen molar-refractivity contribution in [2.24, 2.45) is 0 Å². The Morgan fingerprint density at radius 1 is 1.07 bits per heavy atom. The van der Waals surface area contributed by atoms with Crippen molar-refractivity contribution in [2.45, 2.75) is 50.6 Å². The lowest BCUT2D eigenvalue weighted by molar-refractivity contribution is 0.0895. The van der Waals surface area contributed by atoms with Crippen molar-refractivity contribution in [1.29, 1.82) is 0 Å². The zero-order valence-electron chi connectivity index (χ0n) is 17.1. The summed E-state index contributed by atoms with van der Waals surface area (Å²) < 4.78 is 0. The molecule has 0 aromatic heterocycles. The van der Waals surface area contributed by atoms with Crippen LogP contribution in [0.4, 0.5) is 4.79 Å². The van der Waals surface area contributed by atoms with E-state index in [4.69, 9.17) is 0 Å². The molecule has 2 amide bonds. The van der Waals surface area contributed by atoms with E-state index < -0.39 is 0 Å². The number of carbonyl (C=O) groups is 1. The number of carbonyl (C=O) groups excluding carboxylic acids is 1. The second-order valence-corrected chi connectivity index (χ2v) is 8.32. The molecule has 1 N–H and O–H groups in total. The first-order chi connectivity index (χ1) is 13.1. The third-order valence-corrected chi connectivity index (χ3v) is 6.06. The molecule has 1 aromatic rings. The molecule has 1 heterocycles. The lowest BCUT2D eigenvalue weighted by atomic mass is 9.94. The summed E-state index contributed by atoms with van der Waals surface area (Å²) in [5, 5.41) is 3.29. The Morgan fingerprint density at radius 2 is 1.74 bits per heavy atom. The first-order valence-corrected chi connectivity index (χ1v) is 10.6. The van der Waals surface area contributed by atoms with Crippen LogP contribution in [0.2, 0.25) is 0 Å². The first kappa shape index (κ1) is 20.2. The third kappa shape index (κ3) is 5.94. The molecule has 5 nitrogen and oxygen atoms in total. The SMILES string of the molecule is CN(C)CC[C@@H](NC(=O)N1CCN(C2CCCCC2)CC1)c1ccccc1. The van der Waals surface area contributed by atoms with Crippen molar-refractivity contribution in [3.05, 3.63) is 35.9 Å². The van der Waals surface area contributed by atoms with Crippen LogP contribution in [0.5, 0.6) is 0 Å². The predicted octanol–water partition coefficient (Wildman–Crippen LogP) is 3.34. The molecule has 1 aliphatic carbocycles. The highest BCUT2D eigenvalue weighted by Gasteiger charge is 2.28. The van der Waals surface area contributed by atoms with E-state index in [0.717, 1.165) is 45.2 Å². The number of nitrogens with zero attached hydrogens (tertiary/aromatic N) is 3. The van der Waals surface area contributed by atoms with Crippen LogP contribution in [-0.2, 0) is 0 Å². The van der Waals surface area contributed by atoms with E-state index in [1.54, 1.807) is 0 Å². The lowest BCUT2D eigenvalue weighted by Crippen LogP contribution is -2.54. The van der Waals surface area contributed by atoms with Crippen LogP contribution < -0.4 is 5.32 Å². The van der Waals surface area contributed by atoms with Crippen molar-refractivity contribution < 1.29 is 4.79 Å². The number of nitrogens with one attached hydrogen (secondary N) is 1. The Balaban J connectivity index is 1.52. The Morgan fingerprint density at radius 3 is 2.37 bits per heavy atom. The van der Waals surface area contributed by atoms with Crippen LogP contribution in [0.15, 0.2) is 30.3 Å². The molecule has 1 saturated carbocycles. The second-order valence-electron chi connectivity index (χ2n) is 8.32. The minimum Gasteiger partial charge on any atom is -0.331 e. The van der Waals surface area contributed by atoms with Gasteiger partial charge in [0.15, 0.2) is 0 Å². The molecule has 0 radical (unpaired) electrons. The number of amides is 2. The number of benzene rings is 1. The van der Waals surface area contributed by atoms with Gasteiger partial charge in [0.1, 0.15) is 0 Å². The number of rotatable bonds is 6. The van der Waals surface area contributed by atoms with Gasteiger partial charge in [-0.25, -0.2) is 4.79 Å². The van der Waals surface area contributed by atoms with Crippen LogP contribution in [0.1, 0.15) is 50.1 Å². The summed E-state index contributed by atoms with van der Waals surface area (Å²) in [4.78, 5) is 19.7. The van der Waals surface area contributed by atoms with E-state index in [2.05, 4.69) is 41.3 Å². The lowest BCUT2D eigenvalue weighted by Gasteiger charge is -2.41.